The average Bonchev–Trinajstić information content (AvgIpc) is 2.36. The molecule has 0 unspecified atom stereocenters. The van der Waals surface area contributed by atoms with Gasteiger partial charge < -0.3 is 10.5 Å². The highest BCUT2D eigenvalue weighted by Gasteiger charge is 2.50. The van der Waals surface area contributed by atoms with Gasteiger partial charge in [0.15, 0.2) is 0 Å². The van der Waals surface area contributed by atoms with Gasteiger partial charge in [-0.2, -0.15) is 0 Å². The maximum atomic E-state index is 11.7. The van der Waals surface area contributed by atoms with E-state index in [1.54, 1.807) is 0 Å². The first-order valence-electron chi connectivity index (χ1n) is 5.61. The van der Waals surface area contributed by atoms with Crippen molar-refractivity contribution in [1.29, 1.82) is 0 Å². The molecular formula is C11H19NO2. The van der Waals surface area contributed by atoms with Gasteiger partial charge >= 0.3 is 5.97 Å². The summed E-state index contributed by atoms with van der Waals surface area (Å²) in [5.74, 6) is 0.567. The highest BCUT2D eigenvalue weighted by Crippen LogP contribution is 2.47. The molecule has 0 amide bonds. The molecule has 0 aromatic heterocycles. The summed E-state index contributed by atoms with van der Waals surface area (Å²) in [5.41, 5.74) is 6.03. The minimum atomic E-state index is -0.241. The van der Waals surface area contributed by atoms with Gasteiger partial charge in [-0.15, -0.1) is 0 Å². The third-order valence-electron chi connectivity index (χ3n) is 3.76. The summed E-state index contributed by atoms with van der Waals surface area (Å²) in [4.78, 5) is 11.7. The van der Waals surface area contributed by atoms with Gasteiger partial charge in [-0.25, -0.2) is 0 Å². The van der Waals surface area contributed by atoms with Crippen molar-refractivity contribution in [1.82, 2.24) is 0 Å². The van der Waals surface area contributed by atoms with Crippen LogP contribution in [-0.2, 0) is 9.53 Å². The third kappa shape index (κ3) is 1.54. The lowest BCUT2D eigenvalue weighted by Gasteiger charge is -2.32. The first-order chi connectivity index (χ1) is 6.65. The molecule has 0 aromatic carbocycles. The SMILES string of the molecule is CCOC(=O)[C@@H]1C[C@H]2CCC[C@]1(N)C2. The van der Waals surface area contributed by atoms with E-state index >= 15 is 0 Å². The molecule has 3 heteroatoms. The Labute approximate surface area is 85.0 Å². The molecule has 2 aliphatic carbocycles. The molecule has 2 fully saturated rings. The van der Waals surface area contributed by atoms with Crippen molar-refractivity contribution in [2.24, 2.45) is 17.6 Å². The predicted octanol–water partition coefficient (Wildman–Crippen LogP) is 1.46. The lowest BCUT2D eigenvalue weighted by molar-refractivity contribution is -0.149. The Morgan fingerprint density at radius 3 is 3.07 bits per heavy atom. The van der Waals surface area contributed by atoms with Crippen LogP contribution in [0.2, 0.25) is 0 Å². The summed E-state index contributed by atoms with van der Waals surface area (Å²) < 4.78 is 5.08. The van der Waals surface area contributed by atoms with Crippen molar-refractivity contribution in [3.63, 3.8) is 0 Å². The third-order valence-corrected chi connectivity index (χ3v) is 3.76. The zero-order chi connectivity index (χ0) is 10.2. The maximum absolute atomic E-state index is 11.7. The fourth-order valence-corrected chi connectivity index (χ4v) is 3.12. The molecule has 0 saturated heterocycles. The minimum absolute atomic E-state index is 0.0325. The van der Waals surface area contributed by atoms with Crippen LogP contribution < -0.4 is 5.73 Å². The van der Waals surface area contributed by atoms with Crippen LogP contribution in [0.1, 0.15) is 39.0 Å². The number of rotatable bonds is 2. The van der Waals surface area contributed by atoms with Crippen molar-refractivity contribution >= 4 is 5.97 Å². The fraction of sp³-hybridized carbons (Fsp3) is 0.909. The lowest BCUT2D eigenvalue weighted by Crippen LogP contribution is -2.47. The first kappa shape index (κ1) is 9.97. The molecule has 2 rings (SSSR count). The second-order valence-electron chi connectivity index (χ2n) is 4.74. The number of esters is 1. The Bertz CT molecular complexity index is 241. The number of hydrogen-bond donors (Lipinski definition) is 1. The van der Waals surface area contributed by atoms with Crippen molar-refractivity contribution < 1.29 is 9.53 Å². The van der Waals surface area contributed by atoms with Crippen molar-refractivity contribution in [2.45, 2.75) is 44.6 Å². The van der Waals surface area contributed by atoms with E-state index in [1.165, 1.54) is 12.8 Å². The van der Waals surface area contributed by atoms with Gasteiger partial charge in [-0.3, -0.25) is 4.79 Å². The Morgan fingerprint density at radius 2 is 2.43 bits per heavy atom. The number of nitrogens with two attached hydrogens (primary N) is 1. The van der Waals surface area contributed by atoms with Gasteiger partial charge in [0, 0.05) is 5.54 Å². The molecule has 3 nitrogen and oxygen atoms in total. The number of carbonyl (C=O) groups is 1. The standard InChI is InChI=1S/C11H19NO2/c1-2-14-10(13)9-6-8-4-3-5-11(9,12)7-8/h8-9H,2-7,12H2,1H3/t8-,9+,11+/m1/s1. The summed E-state index contributed by atoms with van der Waals surface area (Å²) in [7, 11) is 0. The first-order valence-corrected chi connectivity index (χ1v) is 5.61. The summed E-state index contributed by atoms with van der Waals surface area (Å²) in [6.07, 6.45) is 5.39. The molecule has 0 radical (unpaired) electrons. The van der Waals surface area contributed by atoms with Gasteiger partial charge in [0.25, 0.3) is 0 Å². The van der Waals surface area contributed by atoms with Gasteiger partial charge in [-0.05, 0) is 32.1 Å². The predicted molar refractivity (Wildman–Crippen MR) is 53.6 cm³/mol. The van der Waals surface area contributed by atoms with E-state index in [4.69, 9.17) is 10.5 Å². The number of hydrogen-bond acceptors (Lipinski definition) is 3. The zero-order valence-electron chi connectivity index (χ0n) is 8.79. The van der Waals surface area contributed by atoms with Crippen LogP contribution in [0, 0.1) is 11.8 Å². The van der Waals surface area contributed by atoms with E-state index in [9.17, 15) is 4.79 Å². The smallest absolute Gasteiger partial charge is 0.310 e. The van der Waals surface area contributed by atoms with Crippen molar-refractivity contribution in [3.8, 4) is 0 Å². The minimum Gasteiger partial charge on any atom is -0.466 e. The molecule has 2 N–H and O–H groups in total. The summed E-state index contributed by atoms with van der Waals surface area (Å²) in [5, 5.41) is 0. The molecule has 0 aliphatic heterocycles. The van der Waals surface area contributed by atoms with Crippen molar-refractivity contribution in [3.05, 3.63) is 0 Å². The van der Waals surface area contributed by atoms with E-state index in [0.717, 1.165) is 19.3 Å². The van der Waals surface area contributed by atoms with Gasteiger partial charge in [0.2, 0.25) is 0 Å². The second kappa shape index (κ2) is 3.54. The van der Waals surface area contributed by atoms with Crippen LogP contribution in [0.15, 0.2) is 0 Å². The van der Waals surface area contributed by atoms with E-state index in [0.29, 0.717) is 12.5 Å². The molecule has 14 heavy (non-hydrogen) atoms. The molecule has 0 spiro atoms. The highest BCUT2D eigenvalue weighted by atomic mass is 16.5. The number of fused-ring (bicyclic) bond motifs is 2. The second-order valence-corrected chi connectivity index (χ2v) is 4.74. The Hall–Kier alpha value is -0.570. The largest absolute Gasteiger partial charge is 0.466 e. The van der Waals surface area contributed by atoms with Gasteiger partial charge in [0.1, 0.15) is 0 Å². The molecular weight excluding hydrogens is 178 g/mol. The Kier molecular flexibility index (Phi) is 2.52. The normalized spacial score (nSPS) is 41.0. The van der Waals surface area contributed by atoms with E-state index in [1.807, 2.05) is 6.92 Å². The molecule has 2 bridgehead atoms. The van der Waals surface area contributed by atoms with Crippen LogP contribution in [0.25, 0.3) is 0 Å². The molecule has 0 aromatic rings. The summed E-state index contributed by atoms with van der Waals surface area (Å²) >= 11 is 0. The van der Waals surface area contributed by atoms with Crippen LogP contribution >= 0.6 is 0 Å². The quantitative estimate of drug-likeness (QED) is 0.682. The van der Waals surface area contributed by atoms with E-state index in [-0.39, 0.29) is 17.4 Å². The van der Waals surface area contributed by atoms with E-state index in [2.05, 4.69) is 0 Å². The lowest BCUT2D eigenvalue weighted by atomic mass is 9.80. The highest BCUT2D eigenvalue weighted by molar-refractivity contribution is 5.74. The van der Waals surface area contributed by atoms with Crippen LogP contribution in [0.5, 0.6) is 0 Å². The topological polar surface area (TPSA) is 52.3 Å². The van der Waals surface area contributed by atoms with Crippen molar-refractivity contribution in [2.75, 3.05) is 6.61 Å². The molecule has 2 saturated carbocycles. The summed E-state index contributed by atoms with van der Waals surface area (Å²) in [6.45, 7) is 2.32. The van der Waals surface area contributed by atoms with Gasteiger partial charge in [0.05, 0.1) is 12.5 Å². The van der Waals surface area contributed by atoms with Crippen LogP contribution in [-0.4, -0.2) is 18.1 Å². The zero-order valence-corrected chi connectivity index (χ0v) is 8.79. The van der Waals surface area contributed by atoms with Gasteiger partial charge in [-0.1, -0.05) is 12.8 Å². The molecule has 0 heterocycles. The Balaban J connectivity index is 2.09. The molecule has 2 aliphatic rings. The van der Waals surface area contributed by atoms with Crippen LogP contribution in [0.4, 0.5) is 0 Å². The van der Waals surface area contributed by atoms with E-state index < -0.39 is 0 Å². The molecule has 80 valence electrons. The molecule has 3 atom stereocenters. The fourth-order valence-electron chi connectivity index (χ4n) is 3.12. The summed E-state index contributed by atoms with van der Waals surface area (Å²) in [6, 6.07) is 0. The average molecular weight is 197 g/mol. The Morgan fingerprint density at radius 1 is 1.64 bits per heavy atom. The number of ether oxygens (including phenoxy) is 1. The number of carbonyl (C=O) groups excluding carboxylic acids is 1. The maximum Gasteiger partial charge on any atom is 0.310 e. The monoisotopic (exact) mass is 197 g/mol. The van der Waals surface area contributed by atoms with Crippen LogP contribution in [0.3, 0.4) is 0 Å².